The standard InChI is InChI=1S/C11H16N2O2/c1-2-8(11(14)15)9-7-13-6-4-3-5-10(13)12-9/h7-8H,2-6H2,1H3,(H,14,15). The molecule has 0 amide bonds. The molecule has 1 aliphatic rings. The Labute approximate surface area is 88.9 Å². The molecular weight excluding hydrogens is 192 g/mol. The Morgan fingerprint density at radius 3 is 3.07 bits per heavy atom. The fourth-order valence-corrected chi connectivity index (χ4v) is 2.11. The SMILES string of the molecule is CCC(C(=O)O)c1cn2c(n1)CCCC2. The summed E-state index contributed by atoms with van der Waals surface area (Å²) in [6, 6.07) is 0. The summed E-state index contributed by atoms with van der Waals surface area (Å²) in [5.41, 5.74) is 0.724. The maximum Gasteiger partial charge on any atom is 0.312 e. The molecule has 0 radical (unpaired) electrons. The first kappa shape index (κ1) is 10.2. The molecule has 1 aromatic heterocycles. The predicted molar refractivity (Wildman–Crippen MR) is 55.8 cm³/mol. The van der Waals surface area contributed by atoms with Crippen LogP contribution in [0.15, 0.2) is 6.20 Å². The van der Waals surface area contributed by atoms with Gasteiger partial charge in [-0.25, -0.2) is 4.98 Å². The highest BCUT2D eigenvalue weighted by Gasteiger charge is 2.22. The molecule has 1 atom stereocenters. The van der Waals surface area contributed by atoms with E-state index in [1.807, 2.05) is 13.1 Å². The third-order valence-corrected chi connectivity index (χ3v) is 2.99. The summed E-state index contributed by atoms with van der Waals surface area (Å²) in [5, 5.41) is 9.04. The Hall–Kier alpha value is -1.32. The van der Waals surface area contributed by atoms with Gasteiger partial charge in [-0.3, -0.25) is 4.79 Å². The second-order valence-electron chi connectivity index (χ2n) is 4.03. The molecule has 1 unspecified atom stereocenters. The van der Waals surface area contributed by atoms with E-state index in [9.17, 15) is 4.79 Å². The fraction of sp³-hybridized carbons (Fsp3) is 0.636. The average molecular weight is 208 g/mol. The molecule has 2 rings (SSSR count). The van der Waals surface area contributed by atoms with E-state index in [1.54, 1.807) is 0 Å². The topological polar surface area (TPSA) is 55.1 Å². The average Bonchev–Trinajstić information content (AvgIpc) is 2.61. The van der Waals surface area contributed by atoms with Crippen molar-refractivity contribution in [2.75, 3.05) is 0 Å². The molecule has 4 nitrogen and oxygen atoms in total. The molecule has 0 aromatic carbocycles. The van der Waals surface area contributed by atoms with E-state index >= 15 is 0 Å². The van der Waals surface area contributed by atoms with E-state index in [0.717, 1.165) is 24.5 Å². The Balaban J connectivity index is 2.28. The van der Waals surface area contributed by atoms with E-state index in [1.165, 1.54) is 12.8 Å². The van der Waals surface area contributed by atoms with Crippen LogP contribution in [-0.2, 0) is 17.8 Å². The molecule has 15 heavy (non-hydrogen) atoms. The lowest BCUT2D eigenvalue weighted by Crippen LogP contribution is -2.10. The van der Waals surface area contributed by atoms with E-state index < -0.39 is 11.9 Å². The van der Waals surface area contributed by atoms with Gasteiger partial charge in [0.05, 0.1) is 5.69 Å². The van der Waals surface area contributed by atoms with Crippen molar-refractivity contribution in [2.45, 2.75) is 45.1 Å². The normalized spacial score (nSPS) is 17.1. The summed E-state index contributed by atoms with van der Waals surface area (Å²) in [4.78, 5) is 15.4. The number of aromatic nitrogens is 2. The maximum atomic E-state index is 11.0. The number of aryl methyl sites for hydroxylation is 2. The lowest BCUT2D eigenvalue weighted by molar-refractivity contribution is -0.138. The molecule has 0 aliphatic carbocycles. The highest BCUT2D eigenvalue weighted by molar-refractivity contribution is 5.75. The Bertz CT molecular complexity index is 347. The number of carboxylic acid groups (broad SMARTS) is 1. The highest BCUT2D eigenvalue weighted by atomic mass is 16.4. The van der Waals surface area contributed by atoms with E-state index in [4.69, 9.17) is 5.11 Å². The Morgan fingerprint density at radius 2 is 2.47 bits per heavy atom. The summed E-state index contributed by atoms with van der Waals surface area (Å²) in [6.07, 6.45) is 5.84. The van der Waals surface area contributed by atoms with Crippen molar-refractivity contribution >= 4 is 5.97 Å². The van der Waals surface area contributed by atoms with Crippen LogP contribution in [0.25, 0.3) is 0 Å². The molecule has 0 bridgehead atoms. The van der Waals surface area contributed by atoms with Crippen LogP contribution >= 0.6 is 0 Å². The molecule has 82 valence electrons. The fourth-order valence-electron chi connectivity index (χ4n) is 2.11. The minimum Gasteiger partial charge on any atom is -0.481 e. The lowest BCUT2D eigenvalue weighted by atomic mass is 10.0. The van der Waals surface area contributed by atoms with Gasteiger partial charge < -0.3 is 9.67 Å². The quantitative estimate of drug-likeness (QED) is 0.824. The van der Waals surface area contributed by atoms with Crippen molar-refractivity contribution in [1.82, 2.24) is 9.55 Å². The number of nitrogens with zero attached hydrogens (tertiary/aromatic N) is 2. The van der Waals surface area contributed by atoms with Gasteiger partial charge in [0.1, 0.15) is 11.7 Å². The minimum absolute atomic E-state index is 0.442. The van der Waals surface area contributed by atoms with Gasteiger partial charge in [-0.15, -0.1) is 0 Å². The predicted octanol–water partition coefficient (Wildman–Crippen LogP) is 1.80. The number of carbonyl (C=O) groups is 1. The molecule has 1 aliphatic heterocycles. The zero-order valence-electron chi connectivity index (χ0n) is 8.94. The summed E-state index contributed by atoms with van der Waals surface area (Å²) < 4.78 is 2.10. The van der Waals surface area contributed by atoms with Gasteiger partial charge in [0, 0.05) is 19.2 Å². The molecule has 2 heterocycles. The van der Waals surface area contributed by atoms with Crippen molar-refractivity contribution in [3.05, 3.63) is 17.7 Å². The van der Waals surface area contributed by atoms with Gasteiger partial charge in [0.25, 0.3) is 0 Å². The molecule has 0 saturated heterocycles. The number of rotatable bonds is 3. The highest BCUT2D eigenvalue weighted by Crippen LogP contribution is 2.22. The van der Waals surface area contributed by atoms with Crippen LogP contribution in [0.2, 0.25) is 0 Å². The maximum absolute atomic E-state index is 11.0. The van der Waals surface area contributed by atoms with Gasteiger partial charge in [-0.2, -0.15) is 0 Å². The van der Waals surface area contributed by atoms with Crippen LogP contribution < -0.4 is 0 Å². The van der Waals surface area contributed by atoms with Crippen molar-refractivity contribution in [3.8, 4) is 0 Å². The second-order valence-corrected chi connectivity index (χ2v) is 4.03. The minimum atomic E-state index is -0.770. The van der Waals surface area contributed by atoms with Gasteiger partial charge in [0.2, 0.25) is 0 Å². The Morgan fingerprint density at radius 1 is 1.67 bits per heavy atom. The molecule has 0 spiro atoms. The number of hydrogen-bond acceptors (Lipinski definition) is 2. The lowest BCUT2D eigenvalue weighted by Gasteiger charge is -2.11. The monoisotopic (exact) mass is 208 g/mol. The molecule has 4 heteroatoms. The van der Waals surface area contributed by atoms with Gasteiger partial charge in [-0.1, -0.05) is 6.92 Å². The number of carboxylic acids is 1. The number of imidazole rings is 1. The number of hydrogen-bond donors (Lipinski definition) is 1. The van der Waals surface area contributed by atoms with E-state index in [-0.39, 0.29) is 0 Å². The van der Waals surface area contributed by atoms with Crippen LogP contribution in [0, 0.1) is 0 Å². The summed E-state index contributed by atoms with van der Waals surface area (Å²) >= 11 is 0. The van der Waals surface area contributed by atoms with Crippen molar-refractivity contribution < 1.29 is 9.90 Å². The zero-order chi connectivity index (χ0) is 10.8. The van der Waals surface area contributed by atoms with Crippen molar-refractivity contribution in [1.29, 1.82) is 0 Å². The van der Waals surface area contributed by atoms with E-state index in [2.05, 4.69) is 9.55 Å². The largest absolute Gasteiger partial charge is 0.481 e. The molecule has 0 fully saturated rings. The smallest absolute Gasteiger partial charge is 0.312 e. The van der Waals surface area contributed by atoms with Crippen LogP contribution in [0.5, 0.6) is 0 Å². The molecule has 0 saturated carbocycles. The van der Waals surface area contributed by atoms with Crippen LogP contribution in [-0.4, -0.2) is 20.6 Å². The van der Waals surface area contributed by atoms with Crippen LogP contribution in [0.3, 0.4) is 0 Å². The first-order valence-corrected chi connectivity index (χ1v) is 5.51. The third-order valence-electron chi connectivity index (χ3n) is 2.99. The number of aliphatic carboxylic acids is 1. The third kappa shape index (κ3) is 1.89. The molecule has 1 N–H and O–H groups in total. The number of fused-ring (bicyclic) bond motifs is 1. The molecule has 1 aromatic rings. The van der Waals surface area contributed by atoms with Crippen LogP contribution in [0.4, 0.5) is 0 Å². The van der Waals surface area contributed by atoms with E-state index in [0.29, 0.717) is 6.42 Å². The van der Waals surface area contributed by atoms with Gasteiger partial charge in [0.15, 0.2) is 0 Å². The van der Waals surface area contributed by atoms with Gasteiger partial charge >= 0.3 is 5.97 Å². The summed E-state index contributed by atoms with van der Waals surface area (Å²) in [6.45, 7) is 2.87. The second kappa shape index (κ2) is 4.04. The molecular formula is C11H16N2O2. The first-order valence-electron chi connectivity index (χ1n) is 5.51. The van der Waals surface area contributed by atoms with Gasteiger partial charge in [-0.05, 0) is 19.3 Å². The first-order chi connectivity index (χ1) is 7.22. The Kier molecular flexibility index (Phi) is 2.75. The van der Waals surface area contributed by atoms with Crippen molar-refractivity contribution in [2.24, 2.45) is 0 Å². The van der Waals surface area contributed by atoms with Crippen molar-refractivity contribution in [3.63, 3.8) is 0 Å². The zero-order valence-corrected chi connectivity index (χ0v) is 8.94. The summed E-state index contributed by atoms with van der Waals surface area (Å²) in [5.74, 6) is -0.160. The van der Waals surface area contributed by atoms with Crippen LogP contribution in [0.1, 0.15) is 43.6 Å². The summed E-state index contributed by atoms with van der Waals surface area (Å²) in [7, 11) is 0.